The second kappa shape index (κ2) is 17.4. The zero-order valence-electron chi connectivity index (χ0n) is 27.2. The van der Waals surface area contributed by atoms with E-state index in [-0.39, 0.29) is 24.8 Å². The maximum atomic E-state index is 14.0. The molecule has 0 bridgehead atoms. The first-order valence-electron chi connectivity index (χ1n) is 16.3. The Kier molecular flexibility index (Phi) is 12.8. The highest BCUT2D eigenvalue weighted by Crippen LogP contribution is 2.33. The fourth-order valence-corrected chi connectivity index (χ4v) is 6.55. The Labute approximate surface area is 305 Å². The molecule has 6 amide bonds. The molecule has 2 atom stereocenters. The summed E-state index contributed by atoms with van der Waals surface area (Å²) < 4.78 is 0. The predicted molar refractivity (Wildman–Crippen MR) is 194 cm³/mol. The zero-order chi connectivity index (χ0) is 35.6. The van der Waals surface area contributed by atoms with Crippen molar-refractivity contribution in [3.63, 3.8) is 0 Å². The second-order valence-electron chi connectivity index (χ2n) is 12.0. The first-order chi connectivity index (χ1) is 24.1. The van der Waals surface area contributed by atoms with E-state index in [9.17, 15) is 24.0 Å². The summed E-state index contributed by atoms with van der Waals surface area (Å²) in [7, 11) is 0. The van der Waals surface area contributed by atoms with Gasteiger partial charge in [0.25, 0.3) is 0 Å². The largest absolute Gasteiger partial charge is 0.367 e. The number of hydrogen-bond acceptors (Lipinski definition) is 6. The Morgan fingerprint density at radius 3 is 2.18 bits per heavy atom. The molecule has 5 rings (SSSR count). The molecule has 2 heterocycles. The van der Waals surface area contributed by atoms with Crippen LogP contribution in [-0.4, -0.2) is 97.4 Å². The molecular weight excluding hydrogens is 705 g/mol. The summed E-state index contributed by atoms with van der Waals surface area (Å²) >= 11 is 18.5. The minimum Gasteiger partial charge on any atom is -0.367 e. The molecule has 3 aromatic carbocycles. The van der Waals surface area contributed by atoms with Crippen LogP contribution in [0.3, 0.4) is 0 Å². The van der Waals surface area contributed by atoms with Gasteiger partial charge in [-0.25, -0.2) is 4.79 Å². The lowest BCUT2D eigenvalue weighted by Gasteiger charge is -2.39. The Bertz CT molecular complexity index is 1690. The molecule has 0 radical (unpaired) electrons. The highest BCUT2D eigenvalue weighted by atomic mass is 35.5. The van der Waals surface area contributed by atoms with Gasteiger partial charge in [-0.05, 0) is 54.8 Å². The summed E-state index contributed by atoms with van der Waals surface area (Å²) in [6.07, 6.45) is 1.37. The van der Waals surface area contributed by atoms with Gasteiger partial charge in [0, 0.05) is 49.9 Å². The molecule has 0 aromatic heterocycles. The Hall–Kier alpha value is -4.52. The fourth-order valence-electron chi connectivity index (χ4n) is 6.01. The first-order valence-corrected chi connectivity index (χ1v) is 17.4. The molecule has 2 fully saturated rings. The highest BCUT2D eigenvalue weighted by molar-refractivity contribution is 6.43. The van der Waals surface area contributed by atoms with Crippen LogP contribution in [0.4, 0.5) is 16.2 Å². The van der Waals surface area contributed by atoms with E-state index < -0.39 is 36.5 Å². The Morgan fingerprint density at radius 1 is 0.760 bits per heavy atom. The quantitative estimate of drug-likeness (QED) is 0.235. The number of nitrogens with zero attached hydrogens (tertiary/aromatic N) is 3. The number of hydrogen-bond donors (Lipinski definition) is 4. The van der Waals surface area contributed by atoms with Crippen molar-refractivity contribution in [1.82, 2.24) is 25.8 Å². The zero-order valence-corrected chi connectivity index (χ0v) is 29.4. The van der Waals surface area contributed by atoms with Gasteiger partial charge < -0.3 is 36.0 Å². The van der Waals surface area contributed by atoms with Crippen LogP contribution in [0.5, 0.6) is 0 Å². The predicted octanol–water partition coefficient (Wildman–Crippen LogP) is 3.95. The normalized spacial score (nSPS) is 16.4. The van der Waals surface area contributed by atoms with E-state index in [1.165, 1.54) is 0 Å². The Balaban J connectivity index is 1.15. The van der Waals surface area contributed by atoms with E-state index in [1.54, 1.807) is 40.1 Å². The van der Waals surface area contributed by atoms with Gasteiger partial charge in [0.15, 0.2) is 0 Å². The van der Waals surface area contributed by atoms with Gasteiger partial charge in [0.1, 0.15) is 12.1 Å². The molecular formula is C35H38Cl3N7O5. The number of rotatable bonds is 11. The molecule has 2 saturated heterocycles. The summed E-state index contributed by atoms with van der Waals surface area (Å²) in [4.78, 5) is 70.8. The van der Waals surface area contributed by atoms with Crippen molar-refractivity contribution in [2.24, 2.45) is 0 Å². The number of halogens is 3. The minimum atomic E-state index is -0.972. The summed E-state index contributed by atoms with van der Waals surface area (Å²) in [6.45, 7) is 1.64. The number of nitrogens with one attached hydrogen (secondary N) is 4. The number of anilines is 2. The van der Waals surface area contributed by atoms with Gasteiger partial charge in [-0.2, -0.15) is 0 Å². The number of carbonyl (C=O) groups is 5. The molecule has 2 aliphatic heterocycles. The van der Waals surface area contributed by atoms with E-state index in [4.69, 9.17) is 34.8 Å². The molecule has 12 nitrogen and oxygen atoms in total. The van der Waals surface area contributed by atoms with Crippen molar-refractivity contribution < 1.29 is 24.0 Å². The van der Waals surface area contributed by atoms with Gasteiger partial charge in [-0.1, -0.05) is 71.2 Å². The van der Waals surface area contributed by atoms with Gasteiger partial charge in [-0.3, -0.25) is 19.2 Å². The third kappa shape index (κ3) is 9.80. The van der Waals surface area contributed by atoms with Crippen molar-refractivity contribution in [2.45, 2.75) is 31.3 Å². The average Bonchev–Trinajstić information content (AvgIpc) is 3.62. The third-order valence-electron chi connectivity index (χ3n) is 8.56. The smallest absolute Gasteiger partial charge is 0.319 e. The molecule has 0 saturated carbocycles. The van der Waals surface area contributed by atoms with Crippen LogP contribution in [0, 0.1) is 0 Å². The van der Waals surface area contributed by atoms with Crippen LogP contribution in [0.25, 0.3) is 0 Å². The van der Waals surface area contributed by atoms with Crippen LogP contribution in [0.2, 0.25) is 15.1 Å². The van der Waals surface area contributed by atoms with E-state index in [0.717, 1.165) is 11.3 Å². The van der Waals surface area contributed by atoms with Crippen molar-refractivity contribution in [2.75, 3.05) is 56.0 Å². The van der Waals surface area contributed by atoms with Crippen LogP contribution in [0.1, 0.15) is 18.4 Å². The molecule has 0 aliphatic carbocycles. The van der Waals surface area contributed by atoms with Gasteiger partial charge >= 0.3 is 6.03 Å². The molecule has 0 spiro atoms. The van der Waals surface area contributed by atoms with E-state index >= 15 is 0 Å². The van der Waals surface area contributed by atoms with E-state index in [1.807, 2.05) is 42.5 Å². The monoisotopic (exact) mass is 741 g/mol. The van der Waals surface area contributed by atoms with Crippen LogP contribution < -0.4 is 26.2 Å². The second-order valence-corrected chi connectivity index (χ2v) is 13.2. The number of benzene rings is 3. The number of likely N-dealkylation sites (tertiary alicyclic amines) is 1. The fraction of sp³-hybridized carbons (Fsp3) is 0.343. The van der Waals surface area contributed by atoms with Crippen molar-refractivity contribution in [1.29, 1.82) is 0 Å². The molecule has 0 unspecified atom stereocenters. The van der Waals surface area contributed by atoms with E-state index in [2.05, 4.69) is 26.2 Å². The summed E-state index contributed by atoms with van der Waals surface area (Å²) in [5.41, 5.74) is 2.13. The number of carbonyl (C=O) groups excluding carboxylic acids is 5. The lowest BCUT2D eigenvalue weighted by atomic mass is 10.0. The standard InChI is InChI=1S/C35H38Cl3N7O5/c36-24-11-13-25(14-12-24)41-35(50)40-21-30(46)39-22-31(47)42-27(20-23-6-2-1-3-7-23)33(48)45-15-5-10-29(45)34(49)44-18-16-43(17-19-44)28-9-4-8-26(37)32(28)38/h1-4,6-9,11-14,27,29H,5,10,15-22H2,(H,39,46)(H,42,47)(H2,40,41,50)/t27-,29-/m0/s1. The summed E-state index contributed by atoms with van der Waals surface area (Å²) in [5, 5.41) is 11.7. The topological polar surface area (TPSA) is 143 Å². The van der Waals surface area contributed by atoms with Gasteiger partial charge in [0.05, 0.1) is 28.8 Å². The maximum absolute atomic E-state index is 14.0. The molecule has 3 aromatic rings. The minimum absolute atomic E-state index is 0.127. The first kappa shape index (κ1) is 36.8. The van der Waals surface area contributed by atoms with Crippen LogP contribution in [-0.2, 0) is 25.6 Å². The summed E-state index contributed by atoms with van der Waals surface area (Å²) in [5.74, 6) is -1.68. The molecule has 4 N–H and O–H groups in total. The number of amides is 6. The van der Waals surface area contributed by atoms with Crippen LogP contribution in [0.15, 0.2) is 72.8 Å². The lowest BCUT2D eigenvalue weighted by molar-refractivity contribution is -0.145. The Morgan fingerprint density at radius 2 is 1.46 bits per heavy atom. The third-order valence-corrected chi connectivity index (χ3v) is 9.62. The molecule has 15 heteroatoms. The lowest BCUT2D eigenvalue weighted by Crippen LogP contribution is -2.58. The molecule has 264 valence electrons. The van der Waals surface area contributed by atoms with Crippen molar-refractivity contribution >= 4 is 75.8 Å². The number of piperazine rings is 1. The SMILES string of the molecule is O=C(CNC(=O)Nc1ccc(Cl)cc1)NCC(=O)N[C@@H](Cc1ccccc1)C(=O)N1CCC[C@H]1C(=O)N1CCN(c2cccc(Cl)c2Cl)CC1. The summed E-state index contributed by atoms with van der Waals surface area (Å²) in [6, 6.07) is 18.9. The van der Waals surface area contributed by atoms with Crippen molar-refractivity contribution in [3.8, 4) is 0 Å². The average molecular weight is 743 g/mol. The maximum Gasteiger partial charge on any atom is 0.319 e. The molecule has 50 heavy (non-hydrogen) atoms. The van der Waals surface area contributed by atoms with E-state index in [0.29, 0.717) is 66.3 Å². The number of urea groups is 1. The van der Waals surface area contributed by atoms with Gasteiger partial charge in [-0.15, -0.1) is 0 Å². The highest BCUT2D eigenvalue weighted by Gasteiger charge is 2.40. The van der Waals surface area contributed by atoms with Crippen molar-refractivity contribution in [3.05, 3.63) is 93.4 Å². The van der Waals surface area contributed by atoms with Gasteiger partial charge in [0.2, 0.25) is 23.6 Å². The molecule has 2 aliphatic rings. The van der Waals surface area contributed by atoms with Crippen LogP contribution >= 0.6 is 34.8 Å².